The van der Waals surface area contributed by atoms with Gasteiger partial charge in [0.15, 0.2) is 0 Å². The van der Waals surface area contributed by atoms with Crippen molar-refractivity contribution < 1.29 is 61.1 Å². The molecule has 5 rings (SSSR count). The van der Waals surface area contributed by atoms with Gasteiger partial charge in [0, 0.05) is 5.92 Å². The smallest absolute Gasteiger partial charge is 0.281 e. The van der Waals surface area contributed by atoms with Crippen LogP contribution in [0.15, 0.2) is 24.3 Å². The van der Waals surface area contributed by atoms with Crippen LogP contribution in [0.25, 0.3) is 0 Å². The third kappa shape index (κ3) is 4.64. The van der Waals surface area contributed by atoms with Crippen LogP contribution in [0, 0.1) is 64.1 Å². The lowest BCUT2D eigenvalue weighted by molar-refractivity contribution is -0.307. The number of halogens is 8. The molecule has 5 aliphatic rings. The highest BCUT2D eigenvalue weighted by Crippen LogP contribution is 2.75. The fourth-order valence-corrected chi connectivity index (χ4v) is 12.5. The molecule has 0 saturated heterocycles. The molecule has 0 aromatic heterocycles. The van der Waals surface area contributed by atoms with Crippen molar-refractivity contribution in [3.8, 4) is 0 Å². The zero-order valence-corrected chi connectivity index (χ0v) is 27.2. The van der Waals surface area contributed by atoms with Crippen LogP contribution in [-0.2, 0) is 20.2 Å². The Bertz CT molecular complexity index is 1510. The third-order valence-corrected chi connectivity index (χ3v) is 14.6. The van der Waals surface area contributed by atoms with E-state index < -0.39 is 83.5 Å². The molecule has 264 valence electrons. The molecule has 6 nitrogen and oxygen atoms in total. The molecule has 5 fully saturated rings. The van der Waals surface area contributed by atoms with Gasteiger partial charge in [-0.05, 0) is 105 Å². The second-order valence-corrected chi connectivity index (χ2v) is 18.0. The molecule has 0 aliphatic heterocycles. The molecule has 11 atom stereocenters. The number of hydrogen-bond acceptors (Lipinski definition) is 4. The zero-order valence-electron chi connectivity index (χ0n) is 25.6. The van der Waals surface area contributed by atoms with Gasteiger partial charge < -0.3 is 0 Å². The van der Waals surface area contributed by atoms with Crippen LogP contribution in [0.4, 0.5) is 35.1 Å². The number of allylic oxidation sites excluding steroid dienone is 3. The highest BCUT2D eigenvalue weighted by molar-refractivity contribution is 7.87. The summed E-state index contributed by atoms with van der Waals surface area (Å²) in [5.74, 6) is -18.3. The minimum atomic E-state index is -6.94. The standard InChI is InChI=1S/C30H40F8O6S2/c1-15(2)26(29(35,36)45(39,40)41,21-12-18-6-7-19(21)11-18)9-5-8-25-13-20(23-16(3)10-17(4)24(23)25)22(14-25)27(31,32)28(33,34)30(37,38)46(42,43)44/h5,9,16-24H,1,6-8,10-14H2,2-4H3,(H,39,40,41)(H,42,43,44). The molecule has 0 radical (unpaired) electrons. The summed E-state index contributed by atoms with van der Waals surface area (Å²) in [5, 5.41) is -11.2. The van der Waals surface area contributed by atoms with E-state index in [0.717, 1.165) is 12.5 Å². The van der Waals surface area contributed by atoms with Crippen molar-refractivity contribution in [2.75, 3.05) is 0 Å². The van der Waals surface area contributed by atoms with Crippen molar-refractivity contribution >= 4 is 20.2 Å². The van der Waals surface area contributed by atoms with Gasteiger partial charge in [-0.1, -0.05) is 44.6 Å². The van der Waals surface area contributed by atoms with E-state index in [0.29, 0.717) is 19.3 Å². The summed E-state index contributed by atoms with van der Waals surface area (Å²) in [4.78, 5) is 0. The van der Waals surface area contributed by atoms with Crippen LogP contribution in [0.2, 0.25) is 0 Å². The topological polar surface area (TPSA) is 109 Å². The molecule has 0 heterocycles. The van der Waals surface area contributed by atoms with E-state index in [1.165, 1.54) is 13.0 Å². The minimum Gasteiger partial charge on any atom is -0.281 e. The van der Waals surface area contributed by atoms with Crippen molar-refractivity contribution in [2.45, 2.75) is 94.5 Å². The Morgan fingerprint density at radius 2 is 1.43 bits per heavy atom. The van der Waals surface area contributed by atoms with Gasteiger partial charge in [0.25, 0.3) is 0 Å². The summed E-state index contributed by atoms with van der Waals surface area (Å²) in [6.07, 6.45) is 3.68. The van der Waals surface area contributed by atoms with Gasteiger partial charge in [0.2, 0.25) is 0 Å². The van der Waals surface area contributed by atoms with Gasteiger partial charge in [0.1, 0.15) is 0 Å². The Labute approximate surface area is 263 Å². The van der Waals surface area contributed by atoms with Gasteiger partial charge in [0.05, 0.1) is 5.41 Å². The Kier molecular flexibility index (Phi) is 8.32. The molecule has 0 spiro atoms. The lowest BCUT2D eigenvalue weighted by Crippen LogP contribution is -2.61. The van der Waals surface area contributed by atoms with Gasteiger partial charge >= 0.3 is 42.6 Å². The van der Waals surface area contributed by atoms with Crippen LogP contribution in [0.3, 0.4) is 0 Å². The van der Waals surface area contributed by atoms with E-state index in [-0.39, 0.29) is 54.4 Å². The van der Waals surface area contributed by atoms with Gasteiger partial charge in [-0.2, -0.15) is 52.0 Å². The third-order valence-electron chi connectivity index (χ3n) is 12.7. The molecule has 46 heavy (non-hydrogen) atoms. The number of hydrogen-bond donors (Lipinski definition) is 2. The van der Waals surface area contributed by atoms with Crippen molar-refractivity contribution in [3.05, 3.63) is 24.3 Å². The molecular formula is C30H40F8O6S2. The summed E-state index contributed by atoms with van der Waals surface area (Å²) < 4.78 is 186. The molecule has 5 saturated carbocycles. The Morgan fingerprint density at radius 1 is 0.848 bits per heavy atom. The molecular weight excluding hydrogens is 672 g/mol. The lowest BCUT2D eigenvalue weighted by Gasteiger charge is -2.46. The maximum absolute atomic E-state index is 16.0. The first kappa shape index (κ1) is 36.0. The second-order valence-electron chi connectivity index (χ2n) is 15.1. The fraction of sp³-hybridized carbons (Fsp3) is 0.867. The Balaban J connectivity index is 1.57. The van der Waals surface area contributed by atoms with Crippen LogP contribution in [0.5, 0.6) is 0 Å². The van der Waals surface area contributed by atoms with Crippen LogP contribution in [-0.4, -0.2) is 48.3 Å². The Hall–Kier alpha value is -1.26. The van der Waals surface area contributed by atoms with E-state index in [4.69, 9.17) is 4.55 Å². The average molecular weight is 713 g/mol. The summed E-state index contributed by atoms with van der Waals surface area (Å²) in [6, 6.07) is 0. The number of alkyl halides is 8. The molecule has 0 aromatic rings. The van der Waals surface area contributed by atoms with E-state index in [1.54, 1.807) is 6.92 Å². The van der Waals surface area contributed by atoms with Crippen LogP contribution >= 0.6 is 0 Å². The molecule has 5 aliphatic carbocycles. The average Bonchev–Trinajstić information content (AvgIpc) is 3.71. The predicted molar refractivity (Wildman–Crippen MR) is 151 cm³/mol. The lowest BCUT2D eigenvalue weighted by atomic mass is 9.61. The summed E-state index contributed by atoms with van der Waals surface area (Å²) >= 11 is 0. The minimum absolute atomic E-state index is 0.0652. The molecule has 16 heteroatoms. The number of rotatable bonds is 11. The SMILES string of the molecule is C=C(C)C(C=CCC12CC(C3C(C)CC(C)C31)C(C(F)(F)C(F)(F)C(F)(F)S(=O)(=O)O)C2)(C1CC2CCC1C2)C(F)(F)S(=O)(=O)O. The van der Waals surface area contributed by atoms with E-state index >= 15 is 17.6 Å². The zero-order chi connectivity index (χ0) is 34.8. The molecule has 2 N–H and O–H groups in total. The fourth-order valence-electron chi connectivity index (χ4n) is 11.2. The van der Waals surface area contributed by atoms with Crippen molar-refractivity contribution in [3.63, 3.8) is 0 Å². The monoisotopic (exact) mass is 712 g/mol. The van der Waals surface area contributed by atoms with E-state index in [1.807, 2.05) is 6.92 Å². The van der Waals surface area contributed by atoms with Crippen molar-refractivity contribution in [1.29, 1.82) is 0 Å². The summed E-state index contributed by atoms with van der Waals surface area (Å²) in [7, 11) is -12.9. The molecule has 4 bridgehead atoms. The van der Waals surface area contributed by atoms with Gasteiger partial charge in [-0.25, -0.2) is 0 Å². The first-order chi connectivity index (χ1) is 20.7. The van der Waals surface area contributed by atoms with E-state index in [9.17, 15) is 39.0 Å². The molecule has 11 unspecified atom stereocenters. The van der Waals surface area contributed by atoms with Gasteiger partial charge in [-0.3, -0.25) is 9.11 Å². The summed E-state index contributed by atoms with van der Waals surface area (Å²) in [5.41, 5.74) is -4.08. The maximum atomic E-state index is 16.0. The Morgan fingerprint density at radius 3 is 1.91 bits per heavy atom. The summed E-state index contributed by atoms with van der Waals surface area (Å²) in [6.45, 7) is 8.47. The quantitative estimate of drug-likeness (QED) is 0.127. The normalized spacial score (nSPS) is 39.7. The second kappa shape index (κ2) is 10.6. The largest absolute Gasteiger partial charge is 0.437 e. The molecule has 0 aromatic carbocycles. The highest BCUT2D eigenvalue weighted by Gasteiger charge is 2.82. The van der Waals surface area contributed by atoms with Crippen LogP contribution in [0.1, 0.15) is 72.1 Å². The predicted octanol–water partition coefficient (Wildman–Crippen LogP) is 8.10. The first-order valence-corrected chi connectivity index (χ1v) is 18.4. The van der Waals surface area contributed by atoms with Crippen LogP contribution < -0.4 is 0 Å². The first-order valence-electron chi connectivity index (χ1n) is 15.5. The van der Waals surface area contributed by atoms with Gasteiger partial charge in [-0.15, -0.1) is 0 Å². The van der Waals surface area contributed by atoms with Crippen molar-refractivity contribution in [2.24, 2.45) is 64.1 Å². The highest BCUT2D eigenvalue weighted by atomic mass is 32.2. The number of fused-ring (bicyclic) bond motifs is 7. The van der Waals surface area contributed by atoms with E-state index in [2.05, 4.69) is 6.58 Å². The maximum Gasteiger partial charge on any atom is 0.437 e. The molecule has 0 amide bonds. The van der Waals surface area contributed by atoms with Crippen molar-refractivity contribution in [1.82, 2.24) is 0 Å².